The van der Waals surface area contributed by atoms with Crippen LogP contribution in [0.3, 0.4) is 0 Å². The smallest absolute Gasteiger partial charge is 0.416 e. The van der Waals surface area contributed by atoms with Crippen LogP contribution in [0.25, 0.3) is 11.3 Å². The number of rotatable bonds is 10. The van der Waals surface area contributed by atoms with Crippen LogP contribution in [0.4, 0.5) is 38.7 Å². The van der Waals surface area contributed by atoms with Crippen LogP contribution in [0.5, 0.6) is 0 Å². The summed E-state index contributed by atoms with van der Waals surface area (Å²) in [5, 5.41) is 21.9. The number of nitrogens with one attached hydrogen (secondary N) is 1. The second-order valence-corrected chi connectivity index (χ2v) is 12.0. The van der Waals surface area contributed by atoms with Crippen molar-refractivity contribution >= 4 is 34.1 Å². The van der Waals surface area contributed by atoms with Gasteiger partial charge in [0.15, 0.2) is 16.8 Å². The second-order valence-electron chi connectivity index (χ2n) is 10.9. The molecule has 2 saturated heterocycles. The van der Waals surface area contributed by atoms with Crippen molar-refractivity contribution in [1.29, 1.82) is 0 Å². The molecule has 0 saturated carbocycles. The van der Waals surface area contributed by atoms with E-state index >= 15 is 4.39 Å². The van der Waals surface area contributed by atoms with Crippen LogP contribution in [0, 0.1) is 11.6 Å². The molecule has 5 rings (SSSR count). The van der Waals surface area contributed by atoms with Crippen molar-refractivity contribution in [3.63, 3.8) is 0 Å². The minimum atomic E-state index is -4.76. The van der Waals surface area contributed by atoms with E-state index in [1.54, 1.807) is 4.90 Å². The van der Waals surface area contributed by atoms with Crippen LogP contribution in [0.1, 0.15) is 36.6 Å². The maximum Gasteiger partial charge on any atom is 0.416 e. The summed E-state index contributed by atoms with van der Waals surface area (Å²) in [5.41, 5.74) is -1.01. The highest BCUT2D eigenvalue weighted by atomic mass is 32.1. The Kier molecular flexibility index (Phi) is 9.62. The Labute approximate surface area is 254 Å². The molecular formula is C28H32F5N7O3S. The highest BCUT2D eigenvalue weighted by Gasteiger charge is 2.33. The quantitative estimate of drug-likeness (QED) is 0.272. The lowest BCUT2D eigenvalue weighted by atomic mass is 10.1. The zero-order chi connectivity index (χ0) is 31.6. The van der Waals surface area contributed by atoms with Crippen molar-refractivity contribution in [3.8, 4) is 11.3 Å². The van der Waals surface area contributed by atoms with Crippen molar-refractivity contribution in [2.75, 3.05) is 49.5 Å². The van der Waals surface area contributed by atoms with Gasteiger partial charge < -0.3 is 20.4 Å². The summed E-state index contributed by atoms with van der Waals surface area (Å²) in [4.78, 5) is 29.8. The Hall–Kier alpha value is -3.47. The summed E-state index contributed by atoms with van der Waals surface area (Å²) >= 11 is 1.12. The summed E-state index contributed by atoms with van der Waals surface area (Å²) in [6.45, 7) is 4.11. The number of hydrogen-bond donors (Lipinski definition) is 3. The lowest BCUT2D eigenvalue weighted by molar-refractivity contribution is -0.138. The first-order valence-corrected chi connectivity index (χ1v) is 15.0. The molecule has 0 aliphatic carbocycles. The monoisotopic (exact) mass is 641 g/mol. The minimum Gasteiger partial charge on any atom is -0.481 e. The molecule has 16 heteroatoms. The Balaban J connectivity index is 1.42. The van der Waals surface area contributed by atoms with E-state index in [0.717, 1.165) is 49.2 Å². The molecule has 44 heavy (non-hydrogen) atoms. The van der Waals surface area contributed by atoms with Crippen LogP contribution < -0.4 is 10.2 Å². The van der Waals surface area contributed by atoms with Crippen LogP contribution in [-0.4, -0.2) is 92.3 Å². The number of halogens is 5. The van der Waals surface area contributed by atoms with Gasteiger partial charge in [0.25, 0.3) is 0 Å². The molecule has 3 aromatic rings. The molecule has 10 nitrogen and oxygen atoms in total. The number of alkyl halides is 3. The number of aliphatic hydroxyl groups excluding tert-OH is 1. The van der Waals surface area contributed by atoms with Crippen molar-refractivity contribution in [1.82, 2.24) is 24.8 Å². The molecule has 4 heterocycles. The second kappa shape index (κ2) is 13.3. The van der Waals surface area contributed by atoms with Crippen LogP contribution in [0.2, 0.25) is 0 Å². The van der Waals surface area contributed by atoms with Crippen LogP contribution in [0.15, 0.2) is 24.5 Å². The predicted octanol–water partition coefficient (Wildman–Crippen LogP) is 4.58. The summed E-state index contributed by atoms with van der Waals surface area (Å²) in [7, 11) is 0. The van der Waals surface area contributed by atoms with Crippen molar-refractivity contribution < 1.29 is 37.0 Å². The zero-order valence-electron chi connectivity index (χ0n) is 23.8. The average Bonchev–Trinajstić information content (AvgIpc) is 3.57. The standard InChI is InChI=1S/C28H32F5N7O3S/c1-16-3-2-5-39(16)13-21-24(17-9-18(28(31,32)33)11-19(29)10-17)36-27(44-21)37-25-23(30)26(35-15-34-25)40-8-7-38(6-4-22(42)43)20(12-40)14-41/h9-11,15-16,20,41H,2-8,12-14H2,1H3,(H,42,43)(H,34,35,36,37)/t16-,20-/m1/s1. The summed E-state index contributed by atoms with van der Waals surface area (Å²) < 4.78 is 70.7. The van der Waals surface area contributed by atoms with E-state index in [1.165, 1.54) is 0 Å². The first-order valence-electron chi connectivity index (χ1n) is 14.1. The van der Waals surface area contributed by atoms with Gasteiger partial charge >= 0.3 is 12.1 Å². The van der Waals surface area contributed by atoms with E-state index in [1.807, 2.05) is 4.90 Å². The van der Waals surface area contributed by atoms with Gasteiger partial charge in [-0.3, -0.25) is 14.6 Å². The number of benzene rings is 1. The summed E-state index contributed by atoms with van der Waals surface area (Å²) in [5.74, 6) is -3.03. The number of carboxylic acids is 1. The van der Waals surface area contributed by atoms with E-state index in [2.05, 4.69) is 32.1 Å². The number of piperazine rings is 1. The summed E-state index contributed by atoms with van der Waals surface area (Å²) in [6, 6.07) is 2.10. The molecule has 238 valence electrons. The van der Waals surface area contributed by atoms with Crippen molar-refractivity contribution in [2.24, 2.45) is 0 Å². The van der Waals surface area contributed by atoms with Crippen LogP contribution in [-0.2, 0) is 17.5 Å². The molecule has 0 radical (unpaired) electrons. The van der Waals surface area contributed by atoms with Gasteiger partial charge in [0.2, 0.25) is 5.82 Å². The molecule has 2 aromatic heterocycles. The molecule has 1 aromatic carbocycles. The number of aliphatic hydroxyl groups is 1. The molecule has 2 aliphatic rings. The number of carboxylic acid groups (broad SMARTS) is 1. The zero-order valence-corrected chi connectivity index (χ0v) is 24.6. The lowest BCUT2D eigenvalue weighted by Gasteiger charge is -2.41. The van der Waals surface area contributed by atoms with Gasteiger partial charge in [-0.2, -0.15) is 17.6 Å². The first kappa shape index (κ1) is 31.9. The number of carbonyl (C=O) groups is 1. The van der Waals surface area contributed by atoms with Gasteiger partial charge in [0, 0.05) is 49.2 Å². The largest absolute Gasteiger partial charge is 0.481 e. The lowest BCUT2D eigenvalue weighted by Crippen LogP contribution is -2.55. The number of aromatic nitrogens is 3. The fourth-order valence-corrected chi connectivity index (χ4v) is 6.61. The van der Waals surface area contributed by atoms with E-state index in [4.69, 9.17) is 5.11 Å². The average molecular weight is 642 g/mol. The fraction of sp³-hybridized carbons (Fsp3) is 0.500. The summed E-state index contributed by atoms with van der Waals surface area (Å²) in [6.07, 6.45) is -1.74. The molecule has 3 N–H and O–H groups in total. The number of hydrogen-bond acceptors (Lipinski definition) is 10. The normalized spacial score (nSPS) is 19.9. The van der Waals surface area contributed by atoms with E-state index in [0.29, 0.717) is 30.6 Å². The van der Waals surface area contributed by atoms with Gasteiger partial charge in [-0.15, -0.1) is 0 Å². The van der Waals surface area contributed by atoms with Gasteiger partial charge in [-0.1, -0.05) is 11.3 Å². The van der Waals surface area contributed by atoms with Crippen molar-refractivity contribution in [2.45, 2.75) is 51.0 Å². The molecule has 2 atom stereocenters. The number of anilines is 3. The highest BCUT2D eigenvalue weighted by Crippen LogP contribution is 2.39. The predicted molar refractivity (Wildman–Crippen MR) is 154 cm³/mol. The van der Waals surface area contributed by atoms with Gasteiger partial charge in [0.1, 0.15) is 12.1 Å². The third kappa shape index (κ3) is 7.25. The molecule has 0 spiro atoms. The molecule has 2 aliphatic heterocycles. The van der Waals surface area contributed by atoms with Gasteiger partial charge in [-0.05, 0) is 44.5 Å². The molecule has 0 amide bonds. The van der Waals surface area contributed by atoms with Gasteiger partial charge in [0.05, 0.1) is 30.3 Å². The Bertz CT molecular complexity index is 1490. The third-order valence-corrected chi connectivity index (χ3v) is 8.91. The number of nitrogens with zero attached hydrogens (tertiary/aromatic N) is 6. The minimum absolute atomic E-state index is 0.0262. The SMILES string of the molecule is C[C@@H]1CCCN1Cc1sc(Nc2ncnc(N3CCN(CCC(=O)O)[C@@H](CO)C3)c2F)nc1-c1cc(F)cc(C(F)(F)F)c1. The van der Waals surface area contributed by atoms with E-state index in [-0.39, 0.29) is 60.2 Å². The molecule has 0 bridgehead atoms. The fourth-order valence-electron chi connectivity index (χ4n) is 5.60. The van der Waals surface area contributed by atoms with Gasteiger partial charge in [-0.25, -0.2) is 19.3 Å². The molecular weight excluding hydrogens is 609 g/mol. The maximum absolute atomic E-state index is 15.8. The Morgan fingerprint density at radius 3 is 2.61 bits per heavy atom. The number of likely N-dealkylation sites (tertiary alicyclic amines) is 1. The van der Waals surface area contributed by atoms with Crippen LogP contribution >= 0.6 is 11.3 Å². The van der Waals surface area contributed by atoms with E-state index in [9.17, 15) is 27.5 Å². The third-order valence-electron chi connectivity index (χ3n) is 7.96. The molecule has 2 fully saturated rings. The highest BCUT2D eigenvalue weighted by molar-refractivity contribution is 7.16. The van der Waals surface area contributed by atoms with E-state index < -0.39 is 35.4 Å². The Morgan fingerprint density at radius 2 is 1.93 bits per heavy atom. The molecule has 0 unspecified atom stereocenters. The first-order chi connectivity index (χ1) is 20.9. The van der Waals surface area contributed by atoms with Crippen molar-refractivity contribution in [3.05, 3.63) is 46.6 Å². The number of aliphatic carboxylic acids is 1. The Morgan fingerprint density at radius 1 is 1.14 bits per heavy atom. The number of thiazole rings is 1. The maximum atomic E-state index is 15.8. The topological polar surface area (TPSA) is 118 Å².